The normalized spacial score (nSPS) is 14.8. The van der Waals surface area contributed by atoms with Crippen molar-refractivity contribution in [1.29, 1.82) is 0 Å². The first-order valence-electron chi connectivity index (χ1n) is 6.06. The third kappa shape index (κ3) is 4.22. The quantitative estimate of drug-likeness (QED) is 0.808. The number of anilines is 1. The predicted molar refractivity (Wildman–Crippen MR) is 68.7 cm³/mol. The maximum atomic E-state index is 11.8. The van der Waals surface area contributed by atoms with Crippen LogP contribution in [0, 0.1) is 0 Å². The second kappa shape index (κ2) is 6.69. The Balaban J connectivity index is 1.72. The molecule has 1 aromatic rings. The zero-order valence-electron chi connectivity index (χ0n) is 10.5. The molecule has 2 N–H and O–H groups in total. The molecular weight excluding hydrogens is 248 g/mol. The van der Waals surface area contributed by atoms with E-state index in [4.69, 9.17) is 4.74 Å². The maximum Gasteiger partial charge on any atom is 0.319 e. The SMILES string of the molecule is O=C(NCC(=O)N1CCOCC1)Nc1cccnc1. The lowest BCUT2D eigenvalue weighted by Gasteiger charge is -2.26. The molecule has 0 radical (unpaired) electrons. The number of ether oxygens (including phenoxy) is 1. The van der Waals surface area contributed by atoms with Crippen LogP contribution in [0.4, 0.5) is 10.5 Å². The van der Waals surface area contributed by atoms with Crippen LogP contribution in [-0.4, -0.2) is 54.7 Å². The van der Waals surface area contributed by atoms with Crippen LogP contribution in [0.25, 0.3) is 0 Å². The van der Waals surface area contributed by atoms with Crippen LogP contribution in [0.15, 0.2) is 24.5 Å². The topological polar surface area (TPSA) is 83.6 Å². The molecule has 0 atom stereocenters. The van der Waals surface area contributed by atoms with E-state index in [-0.39, 0.29) is 12.5 Å². The number of hydrogen-bond donors (Lipinski definition) is 2. The molecule has 0 aliphatic carbocycles. The van der Waals surface area contributed by atoms with E-state index in [2.05, 4.69) is 15.6 Å². The molecule has 1 aliphatic heterocycles. The highest BCUT2D eigenvalue weighted by molar-refractivity contribution is 5.92. The second-order valence-corrected chi connectivity index (χ2v) is 4.04. The third-order valence-electron chi connectivity index (χ3n) is 2.68. The Morgan fingerprint density at radius 1 is 1.37 bits per heavy atom. The van der Waals surface area contributed by atoms with E-state index in [1.54, 1.807) is 23.2 Å². The molecule has 1 saturated heterocycles. The minimum absolute atomic E-state index is 0.0217. The fraction of sp³-hybridized carbons (Fsp3) is 0.417. The lowest BCUT2D eigenvalue weighted by Crippen LogP contribution is -2.46. The molecule has 2 rings (SSSR count). The van der Waals surface area contributed by atoms with Crippen molar-refractivity contribution in [2.45, 2.75) is 0 Å². The van der Waals surface area contributed by atoms with Crippen molar-refractivity contribution in [2.24, 2.45) is 0 Å². The molecule has 19 heavy (non-hydrogen) atoms. The van der Waals surface area contributed by atoms with Crippen molar-refractivity contribution in [3.05, 3.63) is 24.5 Å². The molecule has 0 spiro atoms. The highest BCUT2D eigenvalue weighted by atomic mass is 16.5. The minimum atomic E-state index is -0.422. The molecule has 0 unspecified atom stereocenters. The Morgan fingerprint density at radius 2 is 2.16 bits per heavy atom. The van der Waals surface area contributed by atoms with Gasteiger partial charge < -0.3 is 20.3 Å². The van der Waals surface area contributed by atoms with Crippen LogP contribution >= 0.6 is 0 Å². The molecule has 7 nitrogen and oxygen atoms in total. The summed E-state index contributed by atoms with van der Waals surface area (Å²) in [6, 6.07) is 3.01. The molecule has 7 heteroatoms. The van der Waals surface area contributed by atoms with Crippen LogP contribution < -0.4 is 10.6 Å². The van der Waals surface area contributed by atoms with Gasteiger partial charge in [0.25, 0.3) is 0 Å². The van der Waals surface area contributed by atoms with E-state index >= 15 is 0 Å². The van der Waals surface area contributed by atoms with Gasteiger partial charge in [-0.3, -0.25) is 9.78 Å². The van der Waals surface area contributed by atoms with Gasteiger partial charge in [-0.1, -0.05) is 0 Å². The molecule has 1 aliphatic rings. The van der Waals surface area contributed by atoms with Crippen LogP contribution in [0.5, 0.6) is 0 Å². The van der Waals surface area contributed by atoms with Gasteiger partial charge in [-0.2, -0.15) is 0 Å². The summed E-state index contributed by atoms with van der Waals surface area (Å²) < 4.78 is 5.15. The average Bonchev–Trinajstić information content (AvgIpc) is 2.47. The van der Waals surface area contributed by atoms with Gasteiger partial charge in [0.1, 0.15) is 0 Å². The molecule has 1 fully saturated rings. The molecule has 2 heterocycles. The summed E-state index contributed by atoms with van der Waals surface area (Å²) in [6.45, 7) is 2.23. The third-order valence-corrected chi connectivity index (χ3v) is 2.68. The summed E-state index contributed by atoms with van der Waals surface area (Å²) in [5, 5.41) is 5.11. The highest BCUT2D eigenvalue weighted by Gasteiger charge is 2.17. The standard InChI is InChI=1S/C12H16N4O3/c17-11(16-4-6-19-7-5-16)9-14-12(18)15-10-2-1-3-13-8-10/h1-3,8H,4-7,9H2,(H2,14,15,18). The Morgan fingerprint density at radius 3 is 2.84 bits per heavy atom. The smallest absolute Gasteiger partial charge is 0.319 e. The number of carbonyl (C=O) groups excluding carboxylic acids is 2. The molecule has 3 amide bonds. The number of nitrogens with zero attached hydrogens (tertiary/aromatic N) is 2. The Kier molecular flexibility index (Phi) is 4.68. The number of carbonyl (C=O) groups is 2. The summed E-state index contributed by atoms with van der Waals surface area (Å²) in [4.78, 5) is 28.9. The van der Waals surface area contributed by atoms with E-state index in [1.165, 1.54) is 6.20 Å². The second-order valence-electron chi connectivity index (χ2n) is 4.04. The lowest BCUT2D eigenvalue weighted by atomic mass is 10.4. The van der Waals surface area contributed by atoms with Gasteiger partial charge >= 0.3 is 6.03 Å². The van der Waals surface area contributed by atoms with Gasteiger partial charge in [0.2, 0.25) is 5.91 Å². The summed E-state index contributed by atoms with van der Waals surface area (Å²) in [7, 11) is 0. The summed E-state index contributed by atoms with van der Waals surface area (Å²) in [6.07, 6.45) is 3.15. The summed E-state index contributed by atoms with van der Waals surface area (Å²) in [5.74, 6) is -0.107. The van der Waals surface area contributed by atoms with E-state index in [9.17, 15) is 9.59 Å². The molecule has 0 bridgehead atoms. The maximum absolute atomic E-state index is 11.8. The minimum Gasteiger partial charge on any atom is -0.378 e. The number of aromatic nitrogens is 1. The number of pyridine rings is 1. The lowest BCUT2D eigenvalue weighted by molar-refractivity contribution is -0.134. The van der Waals surface area contributed by atoms with Crippen molar-refractivity contribution < 1.29 is 14.3 Å². The fourth-order valence-electron chi connectivity index (χ4n) is 1.69. The molecule has 0 saturated carbocycles. The van der Waals surface area contributed by atoms with Gasteiger partial charge in [0, 0.05) is 19.3 Å². The van der Waals surface area contributed by atoms with Crippen LogP contribution in [0.3, 0.4) is 0 Å². The van der Waals surface area contributed by atoms with Gasteiger partial charge in [0.05, 0.1) is 31.6 Å². The van der Waals surface area contributed by atoms with Crippen molar-refractivity contribution in [1.82, 2.24) is 15.2 Å². The van der Waals surface area contributed by atoms with Crippen LogP contribution in [-0.2, 0) is 9.53 Å². The van der Waals surface area contributed by atoms with Gasteiger partial charge in [-0.25, -0.2) is 4.79 Å². The molecule has 0 aromatic carbocycles. The largest absolute Gasteiger partial charge is 0.378 e. The first kappa shape index (κ1) is 13.3. The van der Waals surface area contributed by atoms with Gasteiger partial charge in [-0.05, 0) is 12.1 Å². The number of amides is 3. The van der Waals surface area contributed by atoms with E-state index < -0.39 is 6.03 Å². The summed E-state index contributed by atoms with van der Waals surface area (Å²) >= 11 is 0. The van der Waals surface area contributed by atoms with E-state index in [0.29, 0.717) is 32.0 Å². The summed E-state index contributed by atoms with van der Waals surface area (Å²) in [5.41, 5.74) is 0.582. The van der Waals surface area contributed by atoms with Crippen LogP contribution in [0.1, 0.15) is 0 Å². The first-order chi connectivity index (χ1) is 9.25. The van der Waals surface area contributed by atoms with Crippen molar-refractivity contribution in [3.8, 4) is 0 Å². The van der Waals surface area contributed by atoms with Gasteiger partial charge in [-0.15, -0.1) is 0 Å². The number of morpholine rings is 1. The van der Waals surface area contributed by atoms with E-state index in [1.807, 2.05) is 0 Å². The fourth-order valence-corrected chi connectivity index (χ4v) is 1.69. The molecule has 1 aromatic heterocycles. The first-order valence-corrected chi connectivity index (χ1v) is 6.06. The van der Waals surface area contributed by atoms with Crippen molar-refractivity contribution in [2.75, 3.05) is 38.2 Å². The van der Waals surface area contributed by atoms with Gasteiger partial charge in [0.15, 0.2) is 0 Å². The molecule has 102 valence electrons. The van der Waals surface area contributed by atoms with E-state index in [0.717, 1.165) is 0 Å². The number of nitrogens with one attached hydrogen (secondary N) is 2. The molecular formula is C12H16N4O3. The number of rotatable bonds is 3. The number of urea groups is 1. The highest BCUT2D eigenvalue weighted by Crippen LogP contribution is 2.01. The predicted octanol–water partition coefficient (Wildman–Crippen LogP) is 0.0619. The Hall–Kier alpha value is -2.15. The van der Waals surface area contributed by atoms with Crippen molar-refractivity contribution >= 4 is 17.6 Å². The monoisotopic (exact) mass is 264 g/mol. The zero-order valence-corrected chi connectivity index (χ0v) is 10.5. The van der Waals surface area contributed by atoms with Crippen LogP contribution in [0.2, 0.25) is 0 Å². The zero-order chi connectivity index (χ0) is 13.5. The Labute approximate surface area is 110 Å². The van der Waals surface area contributed by atoms with Crippen molar-refractivity contribution in [3.63, 3.8) is 0 Å². The number of hydrogen-bond acceptors (Lipinski definition) is 4. The average molecular weight is 264 g/mol. The Bertz CT molecular complexity index is 432.